The SMILES string of the molecule is CC(=O)OCC(C(=O)O)C(=O)O.CC(C)(C)OC(=O)OC(C)(C)C. The highest BCUT2D eigenvalue weighted by Crippen LogP contribution is 2.13. The van der Waals surface area contributed by atoms with Gasteiger partial charge in [0.15, 0.2) is 5.92 Å². The molecule has 0 aromatic rings. The molecular formula is C15H26O9. The Bertz CT molecular complexity index is 423. The molecule has 0 aliphatic rings. The zero-order valence-electron chi connectivity index (χ0n) is 15.0. The first kappa shape index (κ1) is 23.9. The minimum absolute atomic E-state index is 0.484. The lowest BCUT2D eigenvalue weighted by molar-refractivity contribution is -0.159. The van der Waals surface area contributed by atoms with E-state index in [4.69, 9.17) is 19.7 Å². The zero-order valence-corrected chi connectivity index (χ0v) is 15.0. The predicted molar refractivity (Wildman–Crippen MR) is 82.5 cm³/mol. The predicted octanol–water partition coefficient (Wildman–Crippen LogP) is 2.07. The van der Waals surface area contributed by atoms with Gasteiger partial charge in [0.25, 0.3) is 0 Å². The van der Waals surface area contributed by atoms with Crippen molar-refractivity contribution >= 4 is 24.1 Å². The molecule has 24 heavy (non-hydrogen) atoms. The van der Waals surface area contributed by atoms with Crippen molar-refractivity contribution in [3.8, 4) is 0 Å². The number of ether oxygens (including phenoxy) is 3. The minimum Gasteiger partial charge on any atom is -0.481 e. The van der Waals surface area contributed by atoms with Gasteiger partial charge in [0.05, 0.1) is 0 Å². The van der Waals surface area contributed by atoms with E-state index in [1.165, 1.54) is 0 Å². The van der Waals surface area contributed by atoms with Crippen LogP contribution in [0.2, 0.25) is 0 Å². The molecule has 0 aliphatic carbocycles. The summed E-state index contributed by atoms with van der Waals surface area (Å²) < 4.78 is 14.1. The van der Waals surface area contributed by atoms with Gasteiger partial charge in [0, 0.05) is 6.92 Å². The summed E-state index contributed by atoms with van der Waals surface area (Å²) in [6, 6.07) is 0. The molecule has 2 N–H and O–H groups in total. The molecule has 0 saturated carbocycles. The standard InChI is InChI=1S/C9H18O3.C6H8O6/c1-8(2,3)11-7(10)12-9(4,5)6;1-3(7)12-2-4(5(8)9)6(10)11/h1-6H3;4H,2H2,1H3,(H,8,9)(H,10,11). The van der Waals surface area contributed by atoms with Gasteiger partial charge >= 0.3 is 24.1 Å². The third-order valence-corrected chi connectivity index (χ3v) is 1.83. The largest absolute Gasteiger partial charge is 0.509 e. The smallest absolute Gasteiger partial charge is 0.481 e. The van der Waals surface area contributed by atoms with Crippen LogP contribution in [0.15, 0.2) is 0 Å². The van der Waals surface area contributed by atoms with Crippen LogP contribution in [-0.4, -0.2) is 52.1 Å². The van der Waals surface area contributed by atoms with E-state index in [0.717, 1.165) is 6.92 Å². The Kier molecular flexibility index (Phi) is 9.71. The number of carboxylic acid groups (broad SMARTS) is 2. The molecule has 0 unspecified atom stereocenters. The number of carboxylic acids is 2. The number of esters is 1. The molecule has 0 saturated heterocycles. The van der Waals surface area contributed by atoms with Crippen LogP contribution in [0.1, 0.15) is 48.5 Å². The number of hydrogen-bond acceptors (Lipinski definition) is 7. The summed E-state index contributed by atoms with van der Waals surface area (Å²) in [6.45, 7) is 11.2. The van der Waals surface area contributed by atoms with Crippen LogP contribution in [0, 0.1) is 5.92 Å². The van der Waals surface area contributed by atoms with Crippen molar-refractivity contribution < 1.29 is 43.6 Å². The summed E-state index contributed by atoms with van der Waals surface area (Å²) in [5, 5.41) is 16.6. The molecule has 0 amide bonds. The molecule has 140 valence electrons. The second-order valence-corrected chi connectivity index (χ2v) is 6.71. The molecule has 0 rings (SSSR count). The number of rotatable bonds is 4. The van der Waals surface area contributed by atoms with Crippen molar-refractivity contribution in [3.05, 3.63) is 0 Å². The maximum atomic E-state index is 11.0. The first-order chi connectivity index (χ1) is 10.5. The second-order valence-electron chi connectivity index (χ2n) is 6.71. The molecule has 9 nitrogen and oxygen atoms in total. The molecule has 9 heteroatoms. The maximum absolute atomic E-state index is 11.0. The van der Waals surface area contributed by atoms with E-state index in [1.807, 2.05) is 0 Å². The minimum atomic E-state index is -1.69. The van der Waals surface area contributed by atoms with Crippen molar-refractivity contribution in [2.75, 3.05) is 6.61 Å². The first-order valence-electron chi connectivity index (χ1n) is 7.06. The van der Waals surface area contributed by atoms with Gasteiger partial charge in [-0.05, 0) is 41.5 Å². The Balaban J connectivity index is 0. The molecule has 0 heterocycles. The average molecular weight is 350 g/mol. The number of carbonyl (C=O) groups excluding carboxylic acids is 2. The number of carbonyl (C=O) groups is 4. The van der Waals surface area contributed by atoms with Crippen molar-refractivity contribution in [2.24, 2.45) is 5.92 Å². The summed E-state index contributed by atoms with van der Waals surface area (Å²) in [4.78, 5) is 41.6. The van der Waals surface area contributed by atoms with Crippen LogP contribution in [0.25, 0.3) is 0 Å². The third kappa shape index (κ3) is 16.1. The van der Waals surface area contributed by atoms with Crippen LogP contribution >= 0.6 is 0 Å². The average Bonchev–Trinajstić information content (AvgIpc) is 2.22. The van der Waals surface area contributed by atoms with Crippen LogP contribution in [-0.2, 0) is 28.6 Å². The quantitative estimate of drug-likeness (QED) is 0.576. The molecule has 0 aromatic carbocycles. The van der Waals surface area contributed by atoms with Crippen molar-refractivity contribution in [1.29, 1.82) is 0 Å². The Hall–Kier alpha value is -2.32. The maximum Gasteiger partial charge on any atom is 0.509 e. The molecule has 0 radical (unpaired) electrons. The van der Waals surface area contributed by atoms with Crippen molar-refractivity contribution in [2.45, 2.75) is 59.7 Å². The molecule has 0 spiro atoms. The number of aliphatic carboxylic acids is 2. The van der Waals surface area contributed by atoms with Crippen LogP contribution < -0.4 is 0 Å². The summed E-state index contributed by atoms with van der Waals surface area (Å²) in [6.07, 6.45) is -0.616. The van der Waals surface area contributed by atoms with E-state index in [0.29, 0.717) is 0 Å². The summed E-state index contributed by atoms with van der Waals surface area (Å²) in [5.74, 6) is -5.44. The highest BCUT2D eigenvalue weighted by molar-refractivity contribution is 5.93. The van der Waals surface area contributed by atoms with E-state index >= 15 is 0 Å². The first-order valence-corrected chi connectivity index (χ1v) is 7.06. The van der Waals surface area contributed by atoms with E-state index in [-0.39, 0.29) is 0 Å². The highest BCUT2D eigenvalue weighted by Gasteiger charge is 2.26. The van der Waals surface area contributed by atoms with E-state index in [2.05, 4.69) is 4.74 Å². The lowest BCUT2D eigenvalue weighted by atomic mass is 10.2. The normalized spacial score (nSPS) is 11.0. The third-order valence-electron chi connectivity index (χ3n) is 1.83. The molecule has 0 aromatic heterocycles. The van der Waals surface area contributed by atoms with E-state index in [1.54, 1.807) is 41.5 Å². The zero-order chi connectivity index (χ0) is 19.7. The number of hydrogen-bond donors (Lipinski definition) is 2. The van der Waals surface area contributed by atoms with Gasteiger partial charge in [-0.3, -0.25) is 14.4 Å². The Morgan fingerprint density at radius 1 is 0.833 bits per heavy atom. The van der Waals surface area contributed by atoms with Crippen LogP contribution in [0.4, 0.5) is 4.79 Å². The Morgan fingerprint density at radius 2 is 1.17 bits per heavy atom. The fraction of sp³-hybridized carbons (Fsp3) is 0.733. The lowest BCUT2D eigenvalue weighted by Crippen LogP contribution is -2.30. The Labute approximate surface area is 140 Å². The topological polar surface area (TPSA) is 136 Å². The monoisotopic (exact) mass is 350 g/mol. The van der Waals surface area contributed by atoms with E-state index in [9.17, 15) is 19.2 Å². The second kappa shape index (κ2) is 9.74. The molecule has 0 atom stereocenters. The van der Waals surface area contributed by atoms with E-state index < -0.39 is 47.8 Å². The van der Waals surface area contributed by atoms with Crippen molar-refractivity contribution in [1.82, 2.24) is 0 Å². The molecule has 0 bridgehead atoms. The summed E-state index contributed by atoms with van der Waals surface area (Å²) in [7, 11) is 0. The lowest BCUT2D eigenvalue weighted by Gasteiger charge is -2.24. The highest BCUT2D eigenvalue weighted by atomic mass is 16.7. The Morgan fingerprint density at radius 3 is 1.38 bits per heavy atom. The molecular weight excluding hydrogens is 324 g/mol. The van der Waals surface area contributed by atoms with Gasteiger partial charge < -0.3 is 24.4 Å². The van der Waals surface area contributed by atoms with Crippen molar-refractivity contribution in [3.63, 3.8) is 0 Å². The summed E-state index contributed by atoms with van der Waals surface area (Å²) >= 11 is 0. The van der Waals surface area contributed by atoms with Crippen LogP contribution in [0.3, 0.4) is 0 Å². The van der Waals surface area contributed by atoms with Gasteiger partial charge in [0.1, 0.15) is 17.8 Å². The fourth-order valence-electron chi connectivity index (χ4n) is 0.970. The fourth-order valence-corrected chi connectivity index (χ4v) is 0.970. The van der Waals surface area contributed by atoms with Gasteiger partial charge in [-0.25, -0.2) is 4.79 Å². The van der Waals surface area contributed by atoms with Gasteiger partial charge in [-0.1, -0.05) is 0 Å². The molecule has 0 aliphatic heterocycles. The van der Waals surface area contributed by atoms with Gasteiger partial charge in [-0.2, -0.15) is 0 Å². The van der Waals surface area contributed by atoms with Gasteiger partial charge in [-0.15, -0.1) is 0 Å². The van der Waals surface area contributed by atoms with Crippen LogP contribution in [0.5, 0.6) is 0 Å². The molecule has 0 fully saturated rings. The van der Waals surface area contributed by atoms with Gasteiger partial charge in [0.2, 0.25) is 0 Å². The summed E-state index contributed by atoms with van der Waals surface area (Å²) in [5.41, 5.74) is -0.968.